The normalized spacial score (nSPS) is 12.1. The smallest absolute Gasteiger partial charge is 0.0578 e. The number of terminal acetylenes is 1. The highest BCUT2D eigenvalue weighted by molar-refractivity contribution is 9.10. The Hall–Kier alpha value is -0.780. The first-order chi connectivity index (χ1) is 6.24. The average Bonchev–Trinajstić information content (AvgIpc) is 2.14. The van der Waals surface area contributed by atoms with Crippen molar-refractivity contribution >= 4 is 15.9 Å². The molecule has 0 bridgehead atoms. The van der Waals surface area contributed by atoms with Crippen molar-refractivity contribution in [1.82, 2.24) is 5.32 Å². The molecule has 1 atom stereocenters. The van der Waals surface area contributed by atoms with Gasteiger partial charge >= 0.3 is 0 Å². The zero-order valence-corrected chi connectivity index (χ0v) is 9.14. The van der Waals surface area contributed by atoms with Crippen LogP contribution in [0.25, 0.3) is 0 Å². The molecular weight excluding hydrogens is 226 g/mol. The SMILES string of the molecule is C#CCN[C@@H](C)c1cccc(Br)c1. The quantitative estimate of drug-likeness (QED) is 0.798. The van der Waals surface area contributed by atoms with E-state index in [2.05, 4.69) is 46.2 Å². The molecule has 13 heavy (non-hydrogen) atoms. The molecule has 0 saturated heterocycles. The largest absolute Gasteiger partial charge is 0.300 e. The molecular formula is C11H12BrN. The Morgan fingerprint density at radius 2 is 2.38 bits per heavy atom. The molecule has 1 aromatic rings. The van der Waals surface area contributed by atoms with Crippen LogP contribution in [0.2, 0.25) is 0 Å². The van der Waals surface area contributed by atoms with Crippen LogP contribution >= 0.6 is 15.9 Å². The summed E-state index contributed by atoms with van der Waals surface area (Å²) < 4.78 is 1.10. The maximum absolute atomic E-state index is 5.16. The predicted molar refractivity (Wildman–Crippen MR) is 59.4 cm³/mol. The second-order valence-corrected chi connectivity index (χ2v) is 3.78. The summed E-state index contributed by atoms with van der Waals surface area (Å²) in [6, 6.07) is 8.51. The predicted octanol–water partition coefficient (Wildman–Crippen LogP) is 2.73. The minimum atomic E-state index is 0.300. The topological polar surface area (TPSA) is 12.0 Å². The monoisotopic (exact) mass is 237 g/mol. The van der Waals surface area contributed by atoms with Crippen molar-refractivity contribution in [2.75, 3.05) is 6.54 Å². The number of benzene rings is 1. The number of hydrogen-bond donors (Lipinski definition) is 1. The van der Waals surface area contributed by atoms with Gasteiger partial charge in [0.1, 0.15) is 0 Å². The number of rotatable bonds is 3. The van der Waals surface area contributed by atoms with Crippen molar-refractivity contribution in [3.05, 3.63) is 34.3 Å². The van der Waals surface area contributed by atoms with Crippen LogP contribution in [-0.4, -0.2) is 6.54 Å². The van der Waals surface area contributed by atoms with Gasteiger partial charge in [0, 0.05) is 10.5 Å². The van der Waals surface area contributed by atoms with E-state index in [1.165, 1.54) is 5.56 Å². The molecule has 1 rings (SSSR count). The molecule has 0 unspecified atom stereocenters. The lowest BCUT2D eigenvalue weighted by atomic mass is 10.1. The molecule has 0 aromatic heterocycles. The first-order valence-electron chi connectivity index (χ1n) is 4.16. The Morgan fingerprint density at radius 1 is 1.62 bits per heavy atom. The molecule has 1 nitrogen and oxygen atoms in total. The molecule has 0 aliphatic heterocycles. The van der Waals surface area contributed by atoms with E-state index in [1.807, 2.05) is 12.1 Å². The van der Waals surface area contributed by atoms with Crippen molar-refractivity contribution < 1.29 is 0 Å². The molecule has 0 aliphatic carbocycles. The van der Waals surface area contributed by atoms with E-state index in [0.717, 1.165) is 4.47 Å². The highest BCUT2D eigenvalue weighted by Crippen LogP contribution is 2.17. The summed E-state index contributed by atoms with van der Waals surface area (Å²) in [4.78, 5) is 0. The van der Waals surface area contributed by atoms with Gasteiger partial charge < -0.3 is 0 Å². The second kappa shape index (κ2) is 5.06. The van der Waals surface area contributed by atoms with Crippen molar-refractivity contribution in [2.24, 2.45) is 0 Å². The molecule has 68 valence electrons. The molecule has 1 N–H and O–H groups in total. The molecule has 0 heterocycles. The Balaban J connectivity index is 2.66. The van der Waals surface area contributed by atoms with Crippen LogP contribution in [0.4, 0.5) is 0 Å². The highest BCUT2D eigenvalue weighted by atomic mass is 79.9. The maximum Gasteiger partial charge on any atom is 0.0578 e. The second-order valence-electron chi connectivity index (χ2n) is 2.86. The molecule has 0 amide bonds. The van der Waals surface area contributed by atoms with Crippen molar-refractivity contribution in [3.63, 3.8) is 0 Å². The molecule has 2 heteroatoms. The Labute approximate surface area is 87.7 Å². The van der Waals surface area contributed by atoms with Gasteiger partial charge in [0.05, 0.1) is 6.54 Å². The lowest BCUT2D eigenvalue weighted by molar-refractivity contribution is 0.623. The van der Waals surface area contributed by atoms with Gasteiger partial charge in [0.15, 0.2) is 0 Å². The number of nitrogens with one attached hydrogen (secondary N) is 1. The Morgan fingerprint density at radius 3 is 3.00 bits per heavy atom. The summed E-state index contributed by atoms with van der Waals surface area (Å²) in [5.74, 6) is 2.56. The van der Waals surface area contributed by atoms with Gasteiger partial charge in [0.2, 0.25) is 0 Å². The third-order valence-electron chi connectivity index (χ3n) is 1.86. The molecule has 0 spiro atoms. The summed E-state index contributed by atoms with van der Waals surface area (Å²) >= 11 is 3.43. The minimum Gasteiger partial charge on any atom is -0.300 e. The van der Waals surface area contributed by atoms with E-state index in [1.54, 1.807) is 0 Å². The van der Waals surface area contributed by atoms with Gasteiger partial charge in [-0.05, 0) is 24.6 Å². The third kappa shape index (κ3) is 3.22. The fourth-order valence-electron chi connectivity index (χ4n) is 1.11. The van der Waals surface area contributed by atoms with Crippen molar-refractivity contribution in [1.29, 1.82) is 0 Å². The average molecular weight is 238 g/mol. The Bertz CT molecular complexity index is 314. The van der Waals surface area contributed by atoms with E-state index in [0.29, 0.717) is 12.6 Å². The van der Waals surface area contributed by atoms with Gasteiger partial charge in [-0.2, -0.15) is 0 Å². The lowest BCUT2D eigenvalue weighted by Crippen LogP contribution is -2.18. The molecule has 0 saturated carbocycles. The van der Waals surface area contributed by atoms with Crippen molar-refractivity contribution in [3.8, 4) is 12.3 Å². The Kier molecular flexibility index (Phi) is 4.01. The maximum atomic E-state index is 5.16. The number of halogens is 1. The first-order valence-corrected chi connectivity index (χ1v) is 4.95. The van der Waals surface area contributed by atoms with Crippen LogP contribution < -0.4 is 5.32 Å². The van der Waals surface area contributed by atoms with Gasteiger partial charge in [-0.3, -0.25) is 5.32 Å². The van der Waals surface area contributed by atoms with Crippen LogP contribution in [-0.2, 0) is 0 Å². The molecule has 1 aromatic carbocycles. The highest BCUT2D eigenvalue weighted by Gasteiger charge is 2.02. The van der Waals surface area contributed by atoms with E-state index in [4.69, 9.17) is 6.42 Å². The van der Waals surface area contributed by atoms with Crippen LogP contribution in [0, 0.1) is 12.3 Å². The summed E-state index contributed by atoms with van der Waals surface area (Å²) in [7, 11) is 0. The first kappa shape index (κ1) is 10.3. The van der Waals surface area contributed by atoms with E-state index >= 15 is 0 Å². The van der Waals surface area contributed by atoms with Crippen molar-refractivity contribution in [2.45, 2.75) is 13.0 Å². The summed E-state index contributed by atoms with van der Waals surface area (Å²) in [5.41, 5.74) is 1.24. The minimum absolute atomic E-state index is 0.300. The van der Waals surface area contributed by atoms with E-state index < -0.39 is 0 Å². The van der Waals surface area contributed by atoms with Crippen LogP contribution in [0.15, 0.2) is 28.7 Å². The van der Waals surface area contributed by atoms with Gasteiger partial charge in [-0.15, -0.1) is 6.42 Å². The molecule has 0 fully saturated rings. The van der Waals surface area contributed by atoms with Gasteiger partial charge in [-0.1, -0.05) is 34.0 Å². The standard InChI is InChI=1S/C11H12BrN/c1-3-7-13-9(2)10-5-4-6-11(12)8-10/h1,4-6,8-9,13H,7H2,2H3/t9-/m0/s1. The lowest BCUT2D eigenvalue weighted by Gasteiger charge is -2.12. The van der Waals surface area contributed by atoms with Crippen LogP contribution in [0.1, 0.15) is 18.5 Å². The summed E-state index contributed by atoms with van der Waals surface area (Å²) in [5, 5.41) is 3.22. The van der Waals surface area contributed by atoms with Crippen LogP contribution in [0.3, 0.4) is 0 Å². The zero-order valence-electron chi connectivity index (χ0n) is 7.55. The van der Waals surface area contributed by atoms with Gasteiger partial charge in [-0.25, -0.2) is 0 Å². The molecule has 0 aliphatic rings. The van der Waals surface area contributed by atoms with E-state index in [9.17, 15) is 0 Å². The zero-order chi connectivity index (χ0) is 9.68. The van der Waals surface area contributed by atoms with E-state index in [-0.39, 0.29) is 0 Å². The van der Waals surface area contributed by atoms with Crippen LogP contribution in [0.5, 0.6) is 0 Å². The summed E-state index contributed by atoms with van der Waals surface area (Å²) in [6.07, 6.45) is 5.16. The number of hydrogen-bond acceptors (Lipinski definition) is 1. The third-order valence-corrected chi connectivity index (χ3v) is 2.35. The fourth-order valence-corrected chi connectivity index (χ4v) is 1.52. The fraction of sp³-hybridized carbons (Fsp3) is 0.273. The molecule has 0 radical (unpaired) electrons. The summed E-state index contributed by atoms with van der Waals surface area (Å²) in [6.45, 7) is 2.70. The van der Waals surface area contributed by atoms with Gasteiger partial charge in [0.25, 0.3) is 0 Å².